The van der Waals surface area contributed by atoms with Crippen LogP contribution in [0.4, 0.5) is 0 Å². The molecule has 1 aliphatic rings. The molecule has 0 radical (unpaired) electrons. The molecule has 2 heterocycles. The van der Waals surface area contributed by atoms with Crippen LogP contribution in [-0.2, 0) is 16.1 Å². The van der Waals surface area contributed by atoms with Crippen LogP contribution in [0.2, 0.25) is 0 Å². The molecule has 2 amide bonds. The van der Waals surface area contributed by atoms with Gasteiger partial charge in [0.1, 0.15) is 11.6 Å². The molecule has 0 spiro atoms. The number of rotatable bonds is 4. The number of hydrogen-bond donors (Lipinski definition) is 1. The van der Waals surface area contributed by atoms with Crippen LogP contribution < -0.4 is 5.32 Å². The van der Waals surface area contributed by atoms with Crippen molar-refractivity contribution in [2.75, 3.05) is 0 Å². The smallest absolute Gasteiger partial charge is 0.249 e. The van der Waals surface area contributed by atoms with E-state index in [1.807, 2.05) is 32.2 Å². The lowest BCUT2D eigenvalue weighted by Gasteiger charge is -2.45. The molecular formula is C15H21BrN2O2S. The largest absolute Gasteiger partial charge is 0.340 e. The first-order valence-electron chi connectivity index (χ1n) is 7.15. The van der Waals surface area contributed by atoms with Gasteiger partial charge in [-0.25, -0.2) is 0 Å². The van der Waals surface area contributed by atoms with Crippen molar-refractivity contribution in [2.24, 2.45) is 5.92 Å². The van der Waals surface area contributed by atoms with Gasteiger partial charge in [0.15, 0.2) is 0 Å². The number of thiophene rings is 1. The van der Waals surface area contributed by atoms with Gasteiger partial charge in [-0.1, -0.05) is 20.8 Å². The van der Waals surface area contributed by atoms with E-state index in [0.29, 0.717) is 13.0 Å². The third kappa shape index (κ3) is 3.01. The Morgan fingerprint density at radius 3 is 2.62 bits per heavy atom. The van der Waals surface area contributed by atoms with Crippen LogP contribution in [0.1, 0.15) is 39.0 Å². The molecular weight excluding hydrogens is 352 g/mol. The van der Waals surface area contributed by atoms with Gasteiger partial charge >= 0.3 is 0 Å². The fraction of sp³-hybridized carbons (Fsp3) is 0.600. The standard InChI is InChI=1S/C15H21BrN2O2S/c1-5-15(4)14(20)18(8-11-10(16)6-7-21-11)12(9(2)3)13(19)17-15/h6-7,9,12H,5,8H2,1-4H3,(H,17,19). The molecule has 1 aromatic heterocycles. The Morgan fingerprint density at radius 2 is 2.14 bits per heavy atom. The first-order valence-corrected chi connectivity index (χ1v) is 8.82. The minimum absolute atomic E-state index is 0.00333. The molecule has 6 heteroatoms. The molecule has 0 bridgehead atoms. The maximum atomic E-state index is 12.9. The second-order valence-corrected chi connectivity index (χ2v) is 7.84. The first-order chi connectivity index (χ1) is 9.80. The highest BCUT2D eigenvalue weighted by Gasteiger charge is 2.47. The Morgan fingerprint density at radius 1 is 1.48 bits per heavy atom. The van der Waals surface area contributed by atoms with E-state index in [0.717, 1.165) is 9.35 Å². The van der Waals surface area contributed by atoms with Crippen LogP contribution >= 0.6 is 27.3 Å². The van der Waals surface area contributed by atoms with Gasteiger partial charge in [0.25, 0.3) is 0 Å². The lowest BCUT2D eigenvalue weighted by Crippen LogP contribution is -2.69. The van der Waals surface area contributed by atoms with Gasteiger partial charge in [-0.2, -0.15) is 0 Å². The van der Waals surface area contributed by atoms with E-state index in [1.165, 1.54) is 0 Å². The molecule has 2 rings (SSSR count). The summed E-state index contributed by atoms with van der Waals surface area (Å²) in [6.07, 6.45) is 0.588. The fourth-order valence-corrected chi connectivity index (χ4v) is 4.12. The maximum Gasteiger partial charge on any atom is 0.249 e. The Labute approximate surface area is 138 Å². The van der Waals surface area contributed by atoms with Crippen molar-refractivity contribution in [1.29, 1.82) is 0 Å². The zero-order valence-electron chi connectivity index (χ0n) is 12.8. The molecule has 1 aromatic rings. The Bertz CT molecular complexity index is 558. The van der Waals surface area contributed by atoms with Crippen molar-refractivity contribution >= 4 is 39.1 Å². The summed E-state index contributed by atoms with van der Waals surface area (Å²) in [5, 5.41) is 4.89. The van der Waals surface area contributed by atoms with Crippen molar-refractivity contribution in [3.05, 3.63) is 20.8 Å². The SMILES string of the molecule is CCC1(C)NC(=O)C(C(C)C)N(Cc2sccc2Br)C1=O. The van der Waals surface area contributed by atoms with E-state index in [2.05, 4.69) is 21.2 Å². The van der Waals surface area contributed by atoms with Crippen LogP contribution in [-0.4, -0.2) is 28.3 Å². The number of amides is 2. The van der Waals surface area contributed by atoms with Crippen molar-refractivity contribution in [1.82, 2.24) is 10.2 Å². The van der Waals surface area contributed by atoms with Gasteiger partial charge in [-0.15, -0.1) is 11.3 Å². The number of carbonyl (C=O) groups excluding carboxylic acids is 2. The van der Waals surface area contributed by atoms with E-state index >= 15 is 0 Å². The third-order valence-electron chi connectivity index (χ3n) is 4.08. The van der Waals surface area contributed by atoms with Gasteiger partial charge in [-0.3, -0.25) is 9.59 Å². The van der Waals surface area contributed by atoms with E-state index in [1.54, 1.807) is 23.2 Å². The molecule has 2 unspecified atom stereocenters. The fourth-order valence-electron chi connectivity index (χ4n) is 2.65. The van der Waals surface area contributed by atoms with Gasteiger partial charge in [-0.05, 0) is 46.6 Å². The monoisotopic (exact) mass is 372 g/mol. The normalized spacial score (nSPS) is 26.4. The molecule has 1 saturated heterocycles. The Balaban J connectivity index is 2.37. The topological polar surface area (TPSA) is 49.4 Å². The maximum absolute atomic E-state index is 12.9. The number of carbonyl (C=O) groups is 2. The quantitative estimate of drug-likeness (QED) is 0.882. The minimum Gasteiger partial charge on any atom is -0.340 e. The highest BCUT2D eigenvalue weighted by atomic mass is 79.9. The van der Waals surface area contributed by atoms with Crippen LogP contribution in [0.3, 0.4) is 0 Å². The number of hydrogen-bond acceptors (Lipinski definition) is 3. The van der Waals surface area contributed by atoms with Gasteiger partial charge in [0.05, 0.1) is 6.54 Å². The summed E-state index contributed by atoms with van der Waals surface area (Å²) in [4.78, 5) is 28.2. The van der Waals surface area contributed by atoms with Crippen molar-refractivity contribution < 1.29 is 9.59 Å². The predicted molar refractivity (Wildman–Crippen MR) is 88.0 cm³/mol. The van der Waals surface area contributed by atoms with E-state index in [9.17, 15) is 9.59 Å². The Hall–Kier alpha value is -0.880. The lowest BCUT2D eigenvalue weighted by atomic mass is 9.88. The second-order valence-electron chi connectivity index (χ2n) is 5.99. The molecule has 1 fully saturated rings. The first kappa shape index (κ1) is 16.5. The highest BCUT2D eigenvalue weighted by Crippen LogP contribution is 2.30. The zero-order valence-corrected chi connectivity index (χ0v) is 15.2. The molecule has 0 aliphatic carbocycles. The second kappa shape index (κ2) is 6.08. The molecule has 2 atom stereocenters. The summed E-state index contributed by atoms with van der Waals surface area (Å²) in [6, 6.07) is 1.56. The summed E-state index contributed by atoms with van der Waals surface area (Å²) in [7, 11) is 0. The third-order valence-corrected chi connectivity index (χ3v) is 5.99. The molecule has 1 N–H and O–H groups in total. The number of halogens is 1. The number of nitrogens with zero attached hydrogens (tertiary/aromatic N) is 1. The average molecular weight is 373 g/mol. The molecule has 1 aliphatic heterocycles. The highest BCUT2D eigenvalue weighted by molar-refractivity contribution is 9.10. The molecule has 116 valence electrons. The number of nitrogens with one attached hydrogen (secondary N) is 1. The summed E-state index contributed by atoms with van der Waals surface area (Å²) in [5.41, 5.74) is -0.799. The molecule has 21 heavy (non-hydrogen) atoms. The van der Waals surface area contributed by atoms with Gasteiger partial charge in [0, 0.05) is 9.35 Å². The number of piperazine rings is 1. The van der Waals surface area contributed by atoms with Gasteiger partial charge in [0.2, 0.25) is 11.8 Å². The lowest BCUT2D eigenvalue weighted by molar-refractivity contribution is -0.157. The average Bonchev–Trinajstić information content (AvgIpc) is 2.80. The van der Waals surface area contributed by atoms with Crippen LogP contribution in [0, 0.1) is 5.92 Å². The van der Waals surface area contributed by atoms with Crippen LogP contribution in [0.25, 0.3) is 0 Å². The summed E-state index contributed by atoms with van der Waals surface area (Å²) in [6.45, 7) is 8.15. The molecule has 0 aromatic carbocycles. The van der Waals surface area contributed by atoms with Crippen LogP contribution in [0.5, 0.6) is 0 Å². The van der Waals surface area contributed by atoms with Crippen molar-refractivity contribution in [3.8, 4) is 0 Å². The van der Waals surface area contributed by atoms with E-state index in [-0.39, 0.29) is 17.7 Å². The summed E-state index contributed by atoms with van der Waals surface area (Å²) >= 11 is 5.10. The van der Waals surface area contributed by atoms with Gasteiger partial charge < -0.3 is 10.2 Å². The summed E-state index contributed by atoms with van der Waals surface area (Å²) in [5.74, 6) is 0.0272. The molecule has 4 nitrogen and oxygen atoms in total. The molecule has 0 saturated carbocycles. The predicted octanol–water partition coefficient (Wildman–Crippen LogP) is 3.16. The summed E-state index contributed by atoms with van der Waals surface area (Å²) < 4.78 is 0.993. The zero-order chi connectivity index (χ0) is 15.8. The van der Waals surface area contributed by atoms with Crippen molar-refractivity contribution in [3.63, 3.8) is 0 Å². The van der Waals surface area contributed by atoms with E-state index < -0.39 is 11.6 Å². The van der Waals surface area contributed by atoms with Crippen molar-refractivity contribution in [2.45, 2.75) is 52.2 Å². The Kier molecular flexibility index (Phi) is 4.78. The minimum atomic E-state index is -0.799. The van der Waals surface area contributed by atoms with E-state index in [4.69, 9.17) is 0 Å². The van der Waals surface area contributed by atoms with Crippen LogP contribution in [0.15, 0.2) is 15.9 Å².